The number of hydrogen-bond acceptors (Lipinski definition) is 3. The third-order valence-electron chi connectivity index (χ3n) is 19.1. The number of nitrogens with zero attached hydrogens (tertiary/aromatic N) is 4. The van der Waals surface area contributed by atoms with Crippen molar-refractivity contribution in [3.05, 3.63) is 222 Å². The van der Waals surface area contributed by atoms with E-state index in [9.17, 15) is 0 Å². The average molecular weight is 1140 g/mol. The zero-order valence-electron chi connectivity index (χ0n) is 52.7. The summed E-state index contributed by atoms with van der Waals surface area (Å²) in [6.45, 7) is 35.0. The lowest BCUT2D eigenvalue weighted by Crippen LogP contribution is -2.61. The molecule has 426 valence electrons. The van der Waals surface area contributed by atoms with Gasteiger partial charge in [0.25, 0.3) is 6.71 Å². The summed E-state index contributed by atoms with van der Waals surface area (Å²) < 4.78 is 7.79. The van der Waals surface area contributed by atoms with Crippen LogP contribution in [0.15, 0.2) is 194 Å². The van der Waals surface area contributed by atoms with Gasteiger partial charge in [-0.25, -0.2) is 0 Å². The molecule has 2 aliphatic rings. The molecule has 0 spiro atoms. The highest BCUT2D eigenvalue weighted by molar-refractivity contribution is 7.26. The number of aromatic nitrogens is 2. The van der Waals surface area contributed by atoms with E-state index >= 15 is 0 Å². The smallest absolute Gasteiger partial charge is 0.252 e. The van der Waals surface area contributed by atoms with Crippen molar-refractivity contribution in [1.82, 2.24) is 9.13 Å². The van der Waals surface area contributed by atoms with Gasteiger partial charge in [0, 0.05) is 65.5 Å². The Bertz CT molecular complexity index is 4830. The Hall–Kier alpha value is -8.32. The van der Waals surface area contributed by atoms with Crippen LogP contribution in [-0.2, 0) is 27.1 Å². The molecule has 0 N–H and O–H groups in total. The van der Waals surface area contributed by atoms with Crippen molar-refractivity contribution in [2.45, 2.75) is 131 Å². The van der Waals surface area contributed by atoms with Crippen LogP contribution in [0.1, 0.15) is 132 Å². The van der Waals surface area contributed by atoms with Crippen molar-refractivity contribution in [2.75, 3.05) is 9.80 Å². The second kappa shape index (κ2) is 18.6. The SMILES string of the molecule is CC(C)(C)c1ccc(N2c3ccc(C(C)(C)C)cc3B3c4cc5c(sc6ccccc65)c(-n5c6ccc(C(C)(C)C)cc6c6cc(C(C)(C)C)ccc65)c4N(c4ccc(C(C)(C)C)cc4)c4cc(-n5c6ccccc6c6ccccc65)cc2c43)cc1. The molecule has 0 saturated carbocycles. The highest BCUT2D eigenvalue weighted by Crippen LogP contribution is 2.53. The van der Waals surface area contributed by atoms with Crippen molar-refractivity contribution in [2.24, 2.45) is 0 Å². The first kappa shape index (κ1) is 54.3. The molecule has 0 aliphatic carbocycles. The Balaban J connectivity index is 1.17. The van der Waals surface area contributed by atoms with Gasteiger partial charge in [0.2, 0.25) is 0 Å². The van der Waals surface area contributed by atoms with Crippen molar-refractivity contribution in [3.63, 3.8) is 0 Å². The minimum atomic E-state index is -0.162. The Morgan fingerprint density at radius 3 is 1.26 bits per heavy atom. The monoisotopic (exact) mass is 1140 g/mol. The number of benzene rings is 10. The number of para-hydroxylation sites is 2. The maximum atomic E-state index is 2.71. The van der Waals surface area contributed by atoms with E-state index in [-0.39, 0.29) is 33.8 Å². The number of hydrogen-bond donors (Lipinski definition) is 0. The lowest BCUT2D eigenvalue weighted by atomic mass is 9.33. The van der Waals surface area contributed by atoms with E-state index in [1.54, 1.807) is 0 Å². The lowest BCUT2D eigenvalue weighted by Gasteiger charge is -2.45. The van der Waals surface area contributed by atoms with Gasteiger partial charge in [0.15, 0.2) is 0 Å². The molecule has 13 aromatic rings. The summed E-state index contributed by atoms with van der Waals surface area (Å²) in [5, 5.41) is 7.63. The highest BCUT2D eigenvalue weighted by Gasteiger charge is 2.46. The molecule has 0 fully saturated rings. The molecule has 6 heteroatoms. The molecular formula is C80H77BN4S. The molecule has 0 unspecified atom stereocenters. The molecule has 15 rings (SSSR count). The van der Waals surface area contributed by atoms with Gasteiger partial charge < -0.3 is 18.9 Å². The zero-order chi connectivity index (χ0) is 59.9. The Kier molecular flexibility index (Phi) is 11.8. The molecule has 10 aromatic carbocycles. The summed E-state index contributed by atoms with van der Waals surface area (Å²) in [7, 11) is 0. The van der Waals surface area contributed by atoms with Gasteiger partial charge in [0.05, 0.1) is 43.8 Å². The molecule has 0 radical (unpaired) electrons. The van der Waals surface area contributed by atoms with Crippen molar-refractivity contribution in [3.8, 4) is 11.4 Å². The average Bonchev–Trinajstić information content (AvgIpc) is 1.08. The predicted octanol–water partition coefficient (Wildman–Crippen LogP) is 20.8. The highest BCUT2D eigenvalue weighted by atomic mass is 32.1. The van der Waals surface area contributed by atoms with E-state index in [2.05, 4.69) is 317 Å². The molecule has 0 bridgehead atoms. The lowest BCUT2D eigenvalue weighted by molar-refractivity contribution is 0.590. The van der Waals surface area contributed by atoms with Crippen LogP contribution in [-0.4, -0.2) is 15.8 Å². The number of anilines is 6. The normalized spacial score (nSPS) is 13.9. The fourth-order valence-corrected chi connectivity index (χ4v) is 15.5. The molecule has 0 amide bonds. The third kappa shape index (κ3) is 8.29. The fraction of sp³-hybridized carbons (Fsp3) is 0.250. The van der Waals surface area contributed by atoms with Gasteiger partial charge in [0.1, 0.15) is 0 Å². The molecule has 5 heterocycles. The Morgan fingerprint density at radius 1 is 0.302 bits per heavy atom. The maximum absolute atomic E-state index is 2.71. The predicted molar refractivity (Wildman–Crippen MR) is 376 cm³/mol. The molecule has 2 aliphatic heterocycles. The van der Waals surface area contributed by atoms with Crippen LogP contribution in [0.4, 0.5) is 34.1 Å². The zero-order valence-corrected chi connectivity index (χ0v) is 53.6. The summed E-state index contributed by atoms with van der Waals surface area (Å²) in [5.41, 5.74) is 24.4. The van der Waals surface area contributed by atoms with Crippen molar-refractivity contribution >= 4 is 132 Å². The Morgan fingerprint density at radius 2 is 0.733 bits per heavy atom. The summed E-state index contributed by atoms with van der Waals surface area (Å²) in [5.74, 6) is 0. The molecule has 0 atom stereocenters. The minimum absolute atomic E-state index is 0.0115. The second-order valence-corrected chi connectivity index (χ2v) is 31.0. The first-order valence-electron chi connectivity index (χ1n) is 31.0. The van der Waals surface area contributed by atoms with Gasteiger partial charge >= 0.3 is 0 Å². The quantitative estimate of drug-likeness (QED) is 0.163. The van der Waals surface area contributed by atoms with E-state index in [4.69, 9.17) is 0 Å². The first-order valence-corrected chi connectivity index (χ1v) is 31.8. The number of rotatable bonds is 4. The molecule has 0 saturated heterocycles. The van der Waals surface area contributed by atoms with Crippen LogP contribution in [0.25, 0.3) is 75.2 Å². The second-order valence-electron chi connectivity index (χ2n) is 29.9. The largest absolute Gasteiger partial charge is 0.311 e. The Labute approximate surface area is 512 Å². The molecule has 4 nitrogen and oxygen atoms in total. The van der Waals surface area contributed by atoms with Crippen molar-refractivity contribution in [1.29, 1.82) is 0 Å². The van der Waals surface area contributed by atoms with E-state index in [0.29, 0.717) is 0 Å². The number of fused-ring (bicyclic) bond motifs is 13. The van der Waals surface area contributed by atoms with Crippen LogP contribution in [0.5, 0.6) is 0 Å². The van der Waals surface area contributed by atoms with Gasteiger partial charge in [-0.15, -0.1) is 11.3 Å². The molecule has 3 aromatic heterocycles. The van der Waals surface area contributed by atoms with E-state index in [0.717, 1.165) is 17.1 Å². The van der Waals surface area contributed by atoms with Crippen LogP contribution >= 0.6 is 11.3 Å². The standard InChI is InChI=1S/C80H77BN4S/c1-76(2,3)48-28-35-53(36-29-48)82-68-41-34-52(80(13,14)15)44-62(68)81-63-47-61-58-24-18-21-27-71(58)86-75(61)74(85-66-39-32-50(78(7,8)9)42-59(66)60-43-51(79(10,11)12)33-40-67(60)85)73(63)84(54-37-30-49(31-38-54)77(4,5)6)70-46-55(45-69(82)72(70)81)83-64-25-19-16-22-56(64)57-23-17-20-26-65(57)83/h16-47H,1-15H3. The third-order valence-corrected chi connectivity index (χ3v) is 20.3. The van der Waals surface area contributed by atoms with Gasteiger partial charge in [-0.2, -0.15) is 0 Å². The van der Waals surface area contributed by atoms with E-state index in [1.807, 2.05) is 11.3 Å². The maximum Gasteiger partial charge on any atom is 0.252 e. The van der Waals surface area contributed by atoms with Crippen LogP contribution in [0, 0.1) is 0 Å². The van der Waals surface area contributed by atoms with Crippen LogP contribution < -0.4 is 26.2 Å². The number of thiophene rings is 1. The van der Waals surface area contributed by atoms with Gasteiger partial charge in [-0.1, -0.05) is 213 Å². The first-order chi connectivity index (χ1) is 40.8. The van der Waals surface area contributed by atoms with Gasteiger partial charge in [-0.05, 0) is 156 Å². The van der Waals surface area contributed by atoms with Crippen molar-refractivity contribution < 1.29 is 0 Å². The summed E-state index contributed by atoms with van der Waals surface area (Å²) in [4.78, 5) is 5.32. The fourth-order valence-electron chi connectivity index (χ4n) is 14.3. The molecule has 86 heavy (non-hydrogen) atoms. The summed E-state index contributed by atoms with van der Waals surface area (Å²) in [6, 6.07) is 76.0. The van der Waals surface area contributed by atoms with Crippen LogP contribution in [0.2, 0.25) is 0 Å². The molecular weight excluding hydrogens is 1060 g/mol. The van der Waals surface area contributed by atoms with Gasteiger partial charge in [-0.3, -0.25) is 0 Å². The van der Waals surface area contributed by atoms with Crippen LogP contribution in [0.3, 0.4) is 0 Å². The topological polar surface area (TPSA) is 16.3 Å². The van der Waals surface area contributed by atoms with E-state index < -0.39 is 0 Å². The summed E-state index contributed by atoms with van der Waals surface area (Å²) >= 11 is 1.94. The minimum Gasteiger partial charge on any atom is -0.311 e. The van der Waals surface area contributed by atoms with E-state index in [1.165, 1.54) is 136 Å². The summed E-state index contributed by atoms with van der Waals surface area (Å²) in [6.07, 6.45) is 0.